The molecule has 7 nitrogen and oxygen atoms in total. The lowest BCUT2D eigenvalue weighted by molar-refractivity contribution is -0.385. The van der Waals surface area contributed by atoms with Gasteiger partial charge in [-0.3, -0.25) is 15.0 Å². The molecule has 26 heavy (non-hydrogen) atoms. The maximum absolute atomic E-state index is 10.7. The van der Waals surface area contributed by atoms with Crippen LogP contribution in [0.4, 0.5) is 11.5 Å². The van der Waals surface area contributed by atoms with Gasteiger partial charge >= 0.3 is 0 Å². The van der Waals surface area contributed by atoms with Gasteiger partial charge in [0.1, 0.15) is 12.0 Å². The summed E-state index contributed by atoms with van der Waals surface area (Å²) in [5, 5.41) is 17.6. The largest absolute Gasteiger partial charge is 0.369 e. The zero-order valence-electron chi connectivity index (χ0n) is 14.7. The highest BCUT2D eigenvalue weighted by atomic mass is 35.5. The number of likely N-dealkylation sites (tertiary alicyclic amines) is 1. The summed E-state index contributed by atoms with van der Waals surface area (Å²) in [4.78, 5) is 21.4. The highest BCUT2D eigenvalue weighted by molar-refractivity contribution is 7.09. The number of piperidine rings is 1. The Hall–Kier alpha value is -1.77. The van der Waals surface area contributed by atoms with E-state index in [9.17, 15) is 10.1 Å². The average Bonchev–Trinajstić information content (AvgIpc) is 3.09. The van der Waals surface area contributed by atoms with Gasteiger partial charge in [-0.1, -0.05) is 18.5 Å². The van der Waals surface area contributed by atoms with Gasteiger partial charge in [-0.15, -0.1) is 11.3 Å². The van der Waals surface area contributed by atoms with Crippen LogP contribution in [0.15, 0.2) is 17.6 Å². The summed E-state index contributed by atoms with van der Waals surface area (Å²) in [7, 11) is 0. The van der Waals surface area contributed by atoms with Crippen molar-refractivity contribution in [3.8, 4) is 0 Å². The van der Waals surface area contributed by atoms with E-state index >= 15 is 0 Å². The zero-order valence-corrected chi connectivity index (χ0v) is 16.2. The quantitative estimate of drug-likeness (QED) is 0.563. The summed E-state index contributed by atoms with van der Waals surface area (Å²) in [6, 6.07) is 1.33. The fourth-order valence-electron chi connectivity index (χ4n) is 3.06. The lowest BCUT2D eigenvalue weighted by Crippen LogP contribution is -2.35. The summed E-state index contributed by atoms with van der Waals surface area (Å²) in [5.41, 5.74) is 1.08. The van der Waals surface area contributed by atoms with Gasteiger partial charge in [0.25, 0.3) is 5.69 Å². The number of nitro groups is 1. The van der Waals surface area contributed by atoms with Gasteiger partial charge < -0.3 is 5.32 Å². The first-order chi connectivity index (χ1) is 12.5. The van der Waals surface area contributed by atoms with Crippen molar-refractivity contribution in [1.82, 2.24) is 14.9 Å². The summed E-state index contributed by atoms with van der Waals surface area (Å²) < 4.78 is 0. The molecule has 2 aromatic heterocycles. The van der Waals surface area contributed by atoms with Crippen LogP contribution in [0.2, 0.25) is 5.02 Å². The van der Waals surface area contributed by atoms with E-state index in [1.807, 2.05) is 0 Å². The molecule has 140 valence electrons. The van der Waals surface area contributed by atoms with Crippen LogP contribution >= 0.6 is 22.9 Å². The number of hydrogen-bond donors (Lipinski definition) is 1. The third-order valence-electron chi connectivity index (χ3n) is 4.59. The van der Waals surface area contributed by atoms with Crippen LogP contribution in [0, 0.1) is 16.0 Å². The van der Waals surface area contributed by atoms with E-state index in [0.717, 1.165) is 45.4 Å². The van der Waals surface area contributed by atoms with Crippen LogP contribution in [0.1, 0.15) is 30.5 Å². The van der Waals surface area contributed by atoms with Crippen molar-refractivity contribution < 1.29 is 4.92 Å². The Bertz CT molecular complexity index is 761. The number of anilines is 1. The second-order valence-electron chi connectivity index (χ2n) is 6.47. The number of aromatic nitrogens is 2. The van der Waals surface area contributed by atoms with E-state index in [2.05, 4.69) is 32.5 Å². The molecular weight excluding hydrogens is 374 g/mol. The molecule has 2 aromatic rings. The van der Waals surface area contributed by atoms with Crippen molar-refractivity contribution in [3.05, 3.63) is 43.5 Å². The Kier molecular flexibility index (Phi) is 6.39. The monoisotopic (exact) mass is 395 g/mol. The second-order valence-corrected chi connectivity index (χ2v) is 7.82. The van der Waals surface area contributed by atoms with Crippen LogP contribution in [-0.2, 0) is 13.0 Å². The predicted molar refractivity (Wildman–Crippen MR) is 104 cm³/mol. The van der Waals surface area contributed by atoms with Crippen LogP contribution in [0.5, 0.6) is 0 Å². The zero-order chi connectivity index (χ0) is 18.5. The lowest BCUT2D eigenvalue weighted by atomic mass is 9.96. The maximum Gasteiger partial charge on any atom is 0.289 e. The normalized spacial score (nSPS) is 15.9. The van der Waals surface area contributed by atoms with E-state index < -0.39 is 4.92 Å². The topological polar surface area (TPSA) is 84.2 Å². The molecule has 0 amide bonds. The molecule has 9 heteroatoms. The Morgan fingerprint density at radius 1 is 1.46 bits per heavy atom. The van der Waals surface area contributed by atoms with Gasteiger partial charge in [-0.05, 0) is 38.3 Å². The molecule has 0 spiro atoms. The molecule has 1 aliphatic rings. The van der Waals surface area contributed by atoms with Gasteiger partial charge in [-0.25, -0.2) is 9.97 Å². The standard InChI is InChI=1S/C17H22ClN5O2S/c1-2-16-21-13(11-26-16)10-22-5-3-12(4-6-22)8-19-17-15(18)7-14(9-20-17)23(24)25/h7,9,11-12H,2-6,8,10H2,1H3,(H,19,20). The number of nitrogens with zero attached hydrogens (tertiary/aromatic N) is 4. The van der Waals surface area contributed by atoms with Crippen molar-refractivity contribution in [3.63, 3.8) is 0 Å². The molecule has 1 aliphatic heterocycles. The minimum absolute atomic E-state index is 0.0953. The van der Waals surface area contributed by atoms with Gasteiger partial charge in [0.15, 0.2) is 0 Å². The summed E-state index contributed by atoms with van der Waals surface area (Å²) in [6.07, 6.45) is 4.43. The molecule has 0 bridgehead atoms. The predicted octanol–water partition coefficient (Wildman–Crippen LogP) is 3.99. The summed E-state index contributed by atoms with van der Waals surface area (Å²) >= 11 is 7.81. The SMILES string of the molecule is CCc1nc(CN2CCC(CNc3ncc([N+](=O)[O-])cc3Cl)CC2)cs1. The first-order valence-electron chi connectivity index (χ1n) is 8.74. The number of pyridine rings is 1. The molecule has 0 aliphatic carbocycles. The number of nitrogens with one attached hydrogen (secondary N) is 1. The number of halogens is 1. The van der Waals surface area contributed by atoms with Crippen LogP contribution in [-0.4, -0.2) is 39.4 Å². The van der Waals surface area contributed by atoms with Crippen LogP contribution in [0.3, 0.4) is 0 Å². The van der Waals surface area contributed by atoms with Crippen molar-refractivity contribution in [2.75, 3.05) is 25.0 Å². The van der Waals surface area contributed by atoms with Gasteiger partial charge in [0.2, 0.25) is 0 Å². The van der Waals surface area contributed by atoms with Crippen molar-refractivity contribution >= 4 is 34.4 Å². The van der Waals surface area contributed by atoms with E-state index in [-0.39, 0.29) is 10.7 Å². The third-order valence-corrected chi connectivity index (χ3v) is 5.92. The first-order valence-corrected chi connectivity index (χ1v) is 10.0. The van der Waals surface area contributed by atoms with E-state index in [1.165, 1.54) is 23.0 Å². The van der Waals surface area contributed by atoms with E-state index in [1.54, 1.807) is 11.3 Å². The Balaban J connectivity index is 1.44. The van der Waals surface area contributed by atoms with Gasteiger partial charge in [0, 0.05) is 24.5 Å². The molecule has 0 unspecified atom stereocenters. The molecule has 3 heterocycles. The Morgan fingerprint density at radius 3 is 2.85 bits per heavy atom. The molecule has 1 saturated heterocycles. The summed E-state index contributed by atoms with van der Waals surface area (Å²) in [6.45, 7) is 5.92. The molecule has 0 aromatic carbocycles. The molecule has 1 N–H and O–H groups in total. The fourth-order valence-corrected chi connectivity index (χ4v) is 4.02. The van der Waals surface area contributed by atoms with Crippen molar-refractivity contribution in [1.29, 1.82) is 0 Å². The minimum Gasteiger partial charge on any atom is -0.369 e. The smallest absolute Gasteiger partial charge is 0.289 e. The highest BCUT2D eigenvalue weighted by Crippen LogP contribution is 2.25. The molecule has 0 radical (unpaired) electrons. The first kappa shape index (κ1) is 19.0. The minimum atomic E-state index is -0.496. The number of hydrogen-bond acceptors (Lipinski definition) is 7. The van der Waals surface area contributed by atoms with Crippen LogP contribution in [0.25, 0.3) is 0 Å². The molecule has 1 fully saturated rings. The summed E-state index contributed by atoms with van der Waals surface area (Å²) in [5.74, 6) is 1.05. The Morgan fingerprint density at radius 2 is 2.23 bits per heavy atom. The Labute approximate surface area is 161 Å². The van der Waals surface area contributed by atoms with Crippen molar-refractivity contribution in [2.24, 2.45) is 5.92 Å². The second kappa shape index (κ2) is 8.75. The fraction of sp³-hybridized carbons (Fsp3) is 0.529. The van der Waals surface area contributed by atoms with Gasteiger partial charge in [0.05, 0.1) is 20.6 Å². The highest BCUT2D eigenvalue weighted by Gasteiger charge is 2.20. The number of rotatable bonds is 7. The molecule has 0 saturated carbocycles. The number of aryl methyl sites for hydroxylation is 1. The molecule has 0 atom stereocenters. The third kappa shape index (κ3) is 4.90. The maximum atomic E-state index is 10.7. The van der Waals surface area contributed by atoms with E-state index in [0.29, 0.717) is 11.7 Å². The van der Waals surface area contributed by atoms with E-state index in [4.69, 9.17) is 11.6 Å². The van der Waals surface area contributed by atoms with Crippen molar-refractivity contribution in [2.45, 2.75) is 32.7 Å². The van der Waals surface area contributed by atoms with Crippen LogP contribution < -0.4 is 5.32 Å². The molecule has 3 rings (SSSR count). The molecular formula is C17H22ClN5O2S. The average molecular weight is 396 g/mol. The lowest BCUT2D eigenvalue weighted by Gasteiger charge is -2.31. The number of thiazole rings is 1. The van der Waals surface area contributed by atoms with Gasteiger partial charge in [-0.2, -0.15) is 0 Å².